The molecule has 0 saturated heterocycles. The number of fused-ring (bicyclic) bond motifs is 1. The second-order valence-corrected chi connectivity index (χ2v) is 10.2. The Kier molecular flexibility index (Phi) is 5.26. The van der Waals surface area contributed by atoms with Crippen LogP contribution in [0.3, 0.4) is 0 Å². The van der Waals surface area contributed by atoms with Gasteiger partial charge in [-0.2, -0.15) is 0 Å². The van der Waals surface area contributed by atoms with E-state index in [4.69, 9.17) is 8.22 Å². The first-order valence-corrected chi connectivity index (χ1v) is 11.7. The molecule has 3 fully saturated rings. The number of hydrogen-bond donors (Lipinski definition) is 2. The topological polar surface area (TPSA) is 40.5 Å². The minimum Gasteiger partial charge on any atom is -0.393 e. The van der Waals surface area contributed by atoms with E-state index in [1.807, 2.05) is 6.08 Å². The van der Waals surface area contributed by atoms with Crippen molar-refractivity contribution in [2.24, 2.45) is 35.0 Å². The first kappa shape index (κ1) is 16.5. The van der Waals surface area contributed by atoms with Crippen LogP contribution in [0, 0.1) is 35.0 Å². The number of aliphatic hydroxyl groups is 2. The molecule has 3 aliphatic rings. The lowest BCUT2D eigenvalue weighted by molar-refractivity contribution is 0.0862. The molecule has 0 heterocycles. The maximum Gasteiger partial charge on any atom is 0.0811 e. The lowest BCUT2D eigenvalue weighted by atomic mass is 9.61. The highest BCUT2D eigenvalue weighted by Gasteiger charge is 2.50. The van der Waals surface area contributed by atoms with Crippen LogP contribution in [-0.2, 0) is 0 Å². The molecule has 2 heteroatoms. The molecule has 3 rings (SSSR count). The Morgan fingerprint density at radius 3 is 2.67 bits per heavy atom. The third kappa shape index (κ3) is 4.86. The van der Waals surface area contributed by atoms with Gasteiger partial charge in [0.25, 0.3) is 0 Å². The summed E-state index contributed by atoms with van der Waals surface area (Å²) in [6.07, 6.45) is 13.3. The Labute approximate surface area is 193 Å². The summed E-state index contributed by atoms with van der Waals surface area (Å²) >= 11 is 0. The lowest BCUT2D eigenvalue weighted by Crippen LogP contribution is -2.35. The Bertz CT molecular complexity index is 885. The Hall–Kier alpha value is -1.12. The molecule has 7 atom stereocenters. The maximum absolute atomic E-state index is 10.2. The first-order chi connectivity index (χ1) is 16.6. The van der Waals surface area contributed by atoms with Gasteiger partial charge in [0.2, 0.25) is 0 Å². The molecule has 0 bridgehead atoms. The molecular weight excluding hydrogens is 368 g/mol. The fraction of sp³-hybridized carbons (Fsp3) is 0.714. The Balaban J connectivity index is 1.76. The minimum atomic E-state index is -2.53. The normalized spacial score (nSPS) is 43.6. The fourth-order valence-corrected chi connectivity index (χ4v) is 6.20. The van der Waals surface area contributed by atoms with Crippen molar-refractivity contribution in [3.63, 3.8) is 0 Å². The predicted octanol–water partition coefficient (Wildman–Crippen LogP) is 6.61. The van der Waals surface area contributed by atoms with E-state index < -0.39 is 37.7 Å². The zero-order chi connectivity index (χ0) is 27.1. The quantitative estimate of drug-likeness (QED) is 0.493. The molecule has 168 valence electrons. The molecule has 0 radical (unpaired) electrons. The van der Waals surface area contributed by atoms with Crippen LogP contribution in [0.1, 0.15) is 87.6 Å². The van der Waals surface area contributed by atoms with E-state index in [2.05, 4.69) is 38.7 Å². The fourth-order valence-electron chi connectivity index (χ4n) is 6.20. The summed E-state index contributed by atoms with van der Waals surface area (Å²) in [7, 11) is 0. The number of allylic oxidation sites excluding steroid dienone is 5. The van der Waals surface area contributed by atoms with Crippen LogP contribution in [0.5, 0.6) is 0 Å². The highest BCUT2D eigenvalue weighted by atomic mass is 16.3. The summed E-state index contributed by atoms with van der Waals surface area (Å²) in [5, 5.41) is 20.2. The summed E-state index contributed by atoms with van der Waals surface area (Å²) in [4.78, 5) is 0. The molecule has 30 heavy (non-hydrogen) atoms. The van der Waals surface area contributed by atoms with Crippen molar-refractivity contribution < 1.29 is 18.4 Å². The van der Waals surface area contributed by atoms with E-state index in [1.54, 1.807) is 6.92 Å². The second kappa shape index (κ2) is 9.57. The van der Waals surface area contributed by atoms with Crippen LogP contribution < -0.4 is 0 Å². The van der Waals surface area contributed by atoms with Gasteiger partial charge in [-0.15, -0.1) is 0 Å². The zero-order valence-corrected chi connectivity index (χ0v) is 18.9. The summed E-state index contributed by atoms with van der Waals surface area (Å²) in [5.74, 6) is -0.818. The van der Waals surface area contributed by atoms with E-state index >= 15 is 0 Å². The smallest absolute Gasteiger partial charge is 0.0811 e. The van der Waals surface area contributed by atoms with Crippen LogP contribution in [-0.4, -0.2) is 22.4 Å². The molecule has 0 aromatic heterocycles. The van der Waals surface area contributed by atoms with Gasteiger partial charge in [0.05, 0.1) is 12.2 Å². The van der Waals surface area contributed by atoms with Crippen molar-refractivity contribution in [1.29, 1.82) is 0 Å². The van der Waals surface area contributed by atoms with Gasteiger partial charge in [-0.3, -0.25) is 0 Å². The van der Waals surface area contributed by atoms with Crippen LogP contribution >= 0.6 is 0 Å². The predicted molar refractivity (Wildman–Crippen MR) is 127 cm³/mol. The van der Waals surface area contributed by atoms with Crippen molar-refractivity contribution in [3.05, 3.63) is 47.6 Å². The van der Waals surface area contributed by atoms with Gasteiger partial charge < -0.3 is 10.2 Å². The van der Waals surface area contributed by atoms with Crippen LogP contribution in [0.25, 0.3) is 0 Å². The Morgan fingerprint density at radius 1 is 1.17 bits per heavy atom. The molecule has 2 nitrogen and oxygen atoms in total. The third-order valence-electron chi connectivity index (χ3n) is 8.18. The number of rotatable bonds is 5. The molecule has 0 spiro atoms. The first-order valence-electron chi connectivity index (χ1n) is 14.7. The molecule has 0 amide bonds. The highest BCUT2D eigenvalue weighted by molar-refractivity contribution is 5.38. The maximum atomic E-state index is 10.2. The highest BCUT2D eigenvalue weighted by Crippen LogP contribution is 2.59. The second-order valence-electron chi connectivity index (χ2n) is 10.2. The summed E-state index contributed by atoms with van der Waals surface area (Å²) in [5.41, 5.74) is 3.20. The van der Waals surface area contributed by atoms with Gasteiger partial charge in [0, 0.05) is 14.6 Å². The van der Waals surface area contributed by atoms with E-state index in [9.17, 15) is 10.2 Å². The number of hydrogen-bond acceptors (Lipinski definition) is 2. The molecular formula is C28H44O2. The van der Waals surface area contributed by atoms with Crippen LogP contribution in [0.2, 0.25) is 0 Å². The van der Waals surface area contributed by atoms with Crippen LogP contribution in [0.4, 0.5) is 0 Å². The van der Waals surface area contributed by atoms with E-state index in [0.717, 1.165) is 37.7 Å². The van der Waals surface area contributed by atoms with Crippen molar-refractivity contribution >= 4 is 0 Å². The average Bonchev–Trinajstić information content (AvgIpc) is 3.09. The van der Waals surface area contributed by atoms with E-state index in [-0.39, 0.29) is 11.3 Å². The molecule has 2 N–H and O–H groups in total. The van der Waals surface area contributed by atoms with E-state index in [1.165, 1.54) is 5.57 Å². The monoisotopic (exact) mass is 418 g/mol. The van der Waals surface area contributed by atoms with Crippen molar-refractivity contribution in [2.45, 2.75) is 91.6 Å². The van der Waals surface area contributed by atoms with Crippen molar-refractivity contribution in [1.82, 2.24) is 0 Å². The average molecular weight is 419 g/mol. The van der Waals surface area contributed by atoms with E-state index in [0.29, 0.717) is 30.3 Å². The lowest BCUT2D eigenvalue weighted by Gasteiger charge is -2.44. The SMILES string of the molecule is [2H]C([2H])([2H])C([C@@H](C)/C=C/C(C)C1CC[C@H]2/C(=C\C=C3/C[C@H](O)C[C@H](O)C3=C)CCC[C@]12C)C([2H])([2H])[2H]. The van der Waals surface area contributed by atoms with Gasteiger partial charge in [-0.05, 0) is 84.7 Å². The third-order valence-corrected chi connectivity index (χ3v) is 8.18. The molecule has 3 aliphatic carbocycles. The van der Waals surface area contributed by atoms with Crippen LogP contribution in [0.15, 0.2) is 47.6 Å². The molecule has 0 aromatic rings. The Morgan fingerprint density at radius 2 is 1.93 bits per heavy atom. The van der Waals surface area contributed by atoms with Gasteiger partial charge in [0.15, 0.2) is 0 Å². The number of aliphatic hydroxyl groups excluding tert-OH is 2. The molecule has 0 aromatic carbocycles. The standard InChI is InChI=1S/C28H44O2/c1-18(2)19(3)9-10-20(4)25-13-14-26-22(8-7-15-28(25,26)6)11-12-23-16-24(29)17-27(30)21(23)5/h9-12,18-20,24-27,29-30H,5,7-8,13-17H2,1-4,6H3/b10-9+,22-11-,23-12+/t19-,20?,24-,25?,26-,27-,28+/m0/s1/i1D3,2D3. The van der Waals surface area contributed by atoms with Gasteiger partial charge >= 0.3 is 0 Å². The molecule has 0 aliphatic heterocycles. The molecule has 2 unspecified atom stereocenters. The van der Waals surface area contributed by atoms with Gasteiger partial charge in [0.1, 0.15) is 0 Å². The summed E-state index contributed by atoms with van der Waals surface area (Å²) in [6, 6.07) is 0. The zero-order valence-electron chi connectivity index (χ0n) is 24.9. The van der Waals surface area contributed by atoms with Gasteiger partial charge in [-0.25, -0.2) is 0 Å². The van der Waals surface area contributed by atoms with Crippen molar-refractivity contribution in [3.8, 4) is 0 Å². The summed E-state index contributed by atoms with van der Waals surface area (Å²) in [6.45, 7) is 5.22. The van der Waals surface area contributed by atoms with Crippen molar-refractivity contribution in [2.75, 3.05) is 0 Å². The minimum absolute atomic E-state index is 0.131. The summed E-state index contributed by atoms with van der Waals surface area (Å²) < 4.78 is 46.5. The largest absolute Gasteiger partial charge is 0.393 e. The molecule has 3 saturated carbocycles. The van der Waals surface area contributed by atoms with Gasteiger partial charge in [-0.1, -0.05) is 70.9 Å².